The van der Waals surface area contributed by atoms with Gasteiger partial charge in [-0.15, -0.1) is 5.10 Å². The van der Waals surface area contributed by atoms with E-state index in [0.717, 1.165) is 16.6 Å². The largest absolute Gasteiger partial charge is 0.481 e. The van der Waals surface area contributed by atoms with Crippen LogP contribution in [0.2, 0.25) is 0 Å². The fourth-order valence-electron chi connectivity index (χ4n) is 1.94. The van der Waals surface area contributed by atoms with Crippen LogP contribution in [-0.2, 0) is 11.2 Å². The first-order valence-electron chi connectivity index (χ1n) is 5.71. The molecule has 0 radical (unpaired) electrons. The van der Waals surface area contributed by atoms with E-state index in [-0.39, 0.29) is 6.42 Å². The number of hydrogen-bond donors (Lipinski definition) is 1. The summed E-state index contributed by atoms with van der Waals surface area (Å²) in [5.41, 5.74) is 2.11. The molecule has 19 heavy (non-hydrogen) atoms. The number of carbonyl (C=O) groups is 1. The van der Waals surface area contributed by atoms with Gasteiger partial charge in [-0.05, 0) is 24.3 Å². The lowest BCUT2D eigenvalue weighted by atomic mass is 10.2. The van der Waals surface area contributed by atoms with E-state index in [1.165, 1.54) is 0 Å². The van der Waals surface area contributed by atoms with Crippen molar-refractivity contribution in [2.24, 2.45) is 0 Å². The minimum Gasteiger partial charge on any atom is -0.481 e. The molecule has 0 amide bonds. The van der Waals surface area contributed by atoms with Crippen LogP contribution in [0.3, 0.4) is 0 Å². The normalized spacial score (nSPS) is 10.7. The Morgan fingerprint density at radius 3 is 3.00 bits per heavy atom. The standard InChI is InChI=1S/C13H10N4O2/c18-13(19)7-9-8-17(16-15-9)12-5-1-4-11-10(12)3-2-6-14-11/h1-6,8H,7H2,(H,18,19). The number of aromatic nitrogens is 4. The summed E-state index contributed by atoms with van der Waals surface area (Å²) < 4.78 is 1.57. The van der Waals surface area contributed by atoms with E-state index in [1.54, 1.807) is 17.1 Å². The summed E-state index contributed by atoms with van der Waals surface area (Å²) in [6.45, 7) is 0. The molecular formula is C13H10N4O2. The lowest BCUT2D eigenvalue weighted by molar-refractivity contribution is -0.136. The van der Waals surface area contributed by atoms with Gasteiger partial charge in [0.05, 0.1) is 29.5 Å². The predicted molar refractivity (Wildman–Crippen MR) is 68.0 cm³/mol. The highest BCUT2D eigenvalue weighted by Crippen LogP contribution is 2.19. The van der Waals surface area contributed by atoms with Gasteiger partial charge in [-0.25, -0.2) is 4.68 Å². The first-order valence-corrected chi connectivity index (χ1v) is 5.71. The molecule has 0 unspecified atom stereocenters. The average molecular weight is 254 g/mol. The molecule has 1 aromatic carbocycles. The van der Waals surface area contributed by atoms with Crippen molar-refractivity contribution in [1.29, 1.82) is 0 Å². The third kappa shape index (κ3) is 2.15. The van der Waals surface area contributed by atoms with Crippen LogP contribution in [0.4, 0.5) is 0 Å². The monoisotopic (exact) mass is 254 g/mol. The second-order valence-corrected chi connectivity index (χ2v) is 4.07. The number of nitrogens with zero attached hydrogens (tertiary/aromatic N) is 4. The van der Waals surface area contributed by atoms with Crippen LogP contribution in [0.25, 0.3) is 16.6 Å². The number of hydrogen-bond acceptors (Lipinski definition) is 4. The summed E-state index contributed by atoms with van der Waals surface area (Å²) in [4.78, 5) is 14.9. The molecule has 3 aromatic rings. The van der Waals surface area contributed by atoms with Gasteiger partial charge in [0.2, 0.25) is 0 Å². The molecule has 0 atom stereocenters. The lowest BCUT2D eigenvalue weighted by Crippen LogP contribution is -2.00. The Kier molecular flexibility index (Phi) is 2.68. The predicted octanol–water partition coefficient (Wildman–Crippen LogP) is 1.44. The molecule has 1 N–H and O–H groups in total. The van der Waals surface area contributed by atoms with Crippen molar-refractivity contribution in [2.75, 3.05) is 0 Å². The summed E-state index contributed by atoms with van der Waals surface area (Å²) in [7, 11) is 0. The molecule has 6 heteroatoms. The fourth-order valence-corrected chi connectivity index (χ4v) is 1.94. The third-order valence-electron chi connectivity index (χ3n) is 2.74. The van der Waals surface area contributed by atoms with Gasteiger partial charge in [-0.1, -0.05) is 11.3 Å². The zero-order valence-corrected chi connectivity index (χ0v) is 9.89. The molecule has 0 aliphatic heterocycles. The van der Waals surface area contributed by atoms with Crippen LogP contribution in [-0.4, -0.2) is 31.1 Å². The van der Waals surface area contributed by atoms with Gasteiger partial charge in [0.1, 0.15) is 0 Å². The maximum atomic E-state index is 10.6. The minimum atomic E-state index is -0.924. The summed E-state index contributed by atoms with van der Waals surface area (Å²) in [6.07, 6.45) is 3.21. The zero-order valence-electron chi connectivity index (χ0n) is 9.89. The highest BCUT2D eigenvalue weighted by atomic mass is 16.4. The summed E-state index contributed by atoms with van der Waals surface area (Å²) in [5.74, 6) is -0.924. The van der Waals surface area contributed by atoms with Crippen LogP contribution in [0.1, 0.15) is 5.69 Å². The van der Waals surface area contributed by atoms with E-state index in [4.69, 9.17) is 5.11 Å². The van der Waals surface area contributed by atoms with E-state index in [9.17, 15) is 4.79 Å². The fraction of sp³-hybridized carbons (Fsp3) is 0.0769. The number of aliphatic carboxylic acids is 1. The maximum absolute atomic E-state index is 10.6. The minimum absolute atomic E-state index is 0.136. The van der Waals surface area contributed by atoms with Crippen molar-refractivity contribution in [2.45, 2.75) is 6.42 Å². The highest BCUT2D eigenvalue weighted by molar-refractivity contribution is 5.86. The van der Waals surface area contributed by atoms with Crippen LogP contribution >= 0.6 is 0 Å². The Morgan fingerprint density at radius 1 is 1.26 bits per heavy atom. The van der Waals surface area contributed by atoms with E-state index in [1.807, 2.05) is 30.3 Å². The smallest absolute Gasteiger partial charge is 0.309 e. The summed E-state index contributed by atoms with van der Waals surface area (Å²) >= 11 is 0. The van der Waals surface area contributed by atoms with Crippen molar-refractivity contribution in [3.63, 3.8) is 0 Å². The lowest BCUT2D eigenvalue weighted by Gasteiger charge is -2.04. The molecule has 6 nitrogen and oxygen atoms in total. The molecule has 2 heterocycles. The second kappa shape index (κ2) is 4.49. The SMILES string of the molecule is O=C(O)Cc1cn(-c2cccc3ncccc23)nn1. The van der Waals surface area contributed by atoms with Crippen molar-refractivity contribution in [1.82, 2.24) is 20.0 Å². The van der Waals surface area contributed by atoms with Gasteiger partial charge < -0.3 is 5.11 Å². The molecular weight excluding hydrogens is 244 g/mol. The van der Waals surface area contributed by atoms with Crippen LogP contribution < -0.4 is 0 Å². The van der Waals surface area contributed by atoms with Gasteiger partial charge >= 0.3 is 5.97 Å². The van der Waals surface area contributed by atoms with E-state index >= 15 is 0 Å². The molecule has 94 valence electrons. The Hall–Kier alpha value is -2.76. The maximum Gasteiger partial charge on any atom is 0.309 e. The zero-order chi connectivity index (χ0) is 13.2. The van der Waals surface area contributed by atoms with Crippen molar-refractivity contribution >= 4 is 16.9 Å². The van der Waals surface area contributed by atoms with Gasteiger partial charge in [0.25, 0.3) is 0 Å². The van der Waals surface area contributed by atoms with Gasteiger partial charge in [-0.2, -0.15) is 0 Å². The van der Waals surface area contributed by atoms with Crippen molar-refractivity contribution < 1.29 is 9.90 Å². The van der Waals surface area contributed by atoms with Crippen LogP contribution in [0.15, 0.2) is 42.7 Å². The van der Waals surface area contributed by atoms with E-state index < -0.39 is 5.97 Å². The Bertz CT molecular complexity index is 746. The molecule has 0 aliphatic carbocycles. The van der Waals surface area contributed by atoms with Gasteiger partial charge in [-0.3, -0.25) is 9.78 Å². The first-order chi connectivity index (χ1) is 9.24. The van der Waals surface area contributed by atoms with Crippen molar-refractivity contribution in [3.8, 4) is 5.69 Å². The molecule has 0 bridgehead atoms. The number of carboxylic acid groups (broad SMARTS) is 1. The number of fused-ring (bicyclic) bond motifs is 1. The molecule has 3 rings (SSSR count). The third-order valence-corrected chi connectivity index (χ3v) is 2.74. The van der Waals surface area contributed by atoms with Gasteiger partial charge in [0.15, 0.2) is 0 Å². The first kappa shape index (κ1) is 11.3. The quantitative estimate of drug-likeness (QED) is 0.765. The molecule has 0 spiro atoms. The van der Waals surface area contributed by atoms with E-state index in [0.29, 0.717) is 5.69 Å². The summed E-state index contributed by atoms with van der Waals surface area (Å²) in [6, 6.07) is 9.47. The number of pyridine rings is 1. The van der Waals surface area contributed by atoms with Gasteiger partial charge in [0, 0.05) is 11.6 Å². The molecule has 2 aromatic heterocycles. The second-order valence-electron chi connectivity index (χ2n) is 4.07. The topological polar surface area (TPSA) is 80.9 Å². The Morgan fingerprint density at radius 2 is 2.16 bits per heavy atom. The van der Waals surface area contributed by atoms with Crippen molar-refractivity contribution in [3.05, 3.63) is 48.4 Å². The number of benzene rings is 1. The van der Waals surface area contributed by atoms with Crippen LogP contribution in [0, 0.1) is 0 Å². The molecule has 0 saturated heterocycles. The van der Waals surface area contributed by atoms with Crippen LogP contribution in [0.5, 0.6) is 0 Å². The Labute approximate surface area is 108 Å². The van der Waals surface area contributed by atoms with E-state index in [2.05, 4.69) is 15.3 Å². The number of rotatable bonds is 3. The molecule has 0 aliphatic rings. The highest BCUT2D eigenvalue weighted by Gasteiger charge is 2.09. The summed E-state index contributed by atoms with van der Waals surface area (Å²) in [5, 5.41) is 17.5. The molecule has 0 saturated carbocycles. The average Bonchev–Trinajstić information content (AvgIpc) is 2.85. The number of carboxylic acids is 1. The Balaban J connectivity index is 2.09. The molecule has 0 fully saturated rings.